The third-order valence-corrected chi connectivity index (χ3v) is 8.06. The van der Waals surface area contributed by atoms with Crippen LogP contribution in [0, 0.1) is 102 Å². The van der Waals surface area contributed by atoms with E-state index in [-0.39, 0.29) is 117 Å². The SMILES string of the molecule is N#CC(=C1N=c2cc(C#N)c(C#N)cc2=N1)c1cc(C(C#N)=C2N=c3cc(C#N)c(C#N)cc3=N2)nc(C(C#N)=C2N=c3cc(C#N)c(C#N)cc3=N2)c1. The van der Waals surface area contributed by atoms with Gasteiger partial charge in [0.1, 0.15) is 71.3 Å². The quantitative estimate of drug-likeness (QED) is 0.272. The van der Waals surface area contributed by atoms with Crippen molar-refractivity contribution in [1.29, 1.82) is 47.4 Å². The Morgan fingerprint density at radius 1 is 0.333 bits per heavy atom. The Morgan fingerprint density at radius 3 is 0.796 bits per heavy atom. The molecule has 3 aromatic carbocycles. The first-order valence-electron chi connectivity index (χ1n) is 15.0. The van der Waals surface area contributed by atoms with Gasteiger partial charge in [0.15, 0.2) is 17.5 Å². The summed E-state index contributed by atoms with van der Waals surface area (Å²) in [6.45, 7) is 0. The highest BCUT2D eigenvalue weighted by Gasteiger charge is 2.23. The Morgan fingerprint density at radius 2 is 0.574 bits per heavy atom. The number of benzene rings is 3. The topological polar surface area (TPSA) is 301 Å². The van der Waals surface area contributed by atoms with Gasteiger partial charge in [0.2, 0.25) is 0 Å². The van der Waals surface area contributed by atoms with Crippen LogP contribution >= 0.6 is 0 Å². The zero-order valence-corrected chi connectivity index (χ0v) is 26.8. The highest BCUT2D eigenvalue weighted by Crippen LogP contribution is 2.30. The van der Waals surface area contributed by atoms with E-state index in [1.807, 2.05) is 48.6 Å². The van der Waals surface area contributed by atoms with Gasteiger partial charge in [0.25, 0.3) is 0 Å². The Hall–Kier alpha value is -9.76. The van der Waals surface area contributed by atoms with Crippen LogP contribution in [0.1, 0.15) is 50.3 Å². The molecule has 0 saturated carbocycles. The van der Waals surface area contributed by atoms with E-state index in [9.17, 15) is 47.4 Å². The normalized spacial score (nSPS) is 11.9. The van der Waals surface area contributed by atoms with Crippen LogP contribution in [0.5, 0.6) is 0 Å². The van der Waals surface area contributed by atoms with Crippen LogP contribution in [0.15, 0.2) is 95.9 Å². The van der Waals surface area contributed by atoms with Gasteiger partial charge < -0.3 is 0 Å². The second-order valence-electron chi connectivity index (χ2n) is 11.1. The van der Waals surface area contributed by atoms with Crippen LogP contribution < -0.4 is 32.1 Å². The molecule has 16 nitrogen and oxygen atoms in total. The van der Waals surface area contributed by atoms with E-state index >= 15 is 0 Å². The molecule has 0 atom stereocenters. The van der Waals surface area contributed by atoms with Gasteiger partial charge >= 0.3 is 0 Å². The molecule has 3 aliphatic rings. The molecule has 54 heavy (non-hydrogen) atoms. The molecule has 0 fully saturated rings. The van der Waals surface area contributed by atoms with E-state index in [1.54, 1.807) is 0 Å². The summed E-state index contributed by atoms with van der Waals surface area (Å²) in [6, 6.07) is 28.5. The zero-order chi connectivity index (χ0) is 38.1. The molecular weight excluding hydrogens is 681 g/mol. The van der Waals surface area contributed by atoms with Gasteiger partial charge in [-0.1, -0.05) is 0 Å². The Labute approximate surface area is 301 Å². The van der Waals surface area contributed by atoms with E-state index in [2.05, 4.69) is 41.0 Å². The lowest BCUT2D eigenvalue weighted by atomic mass is 10.0. The minimum atomic E-state index is -0.210. The lowest BCUT2D eigenvalue weighted by Crippen LogP contribution is -2.22. The molecular formula is C38H8N16. The molecule has 0 bridgehead atoms. The van der Waals surface area contributed by atoms with E-state index in [0.717, 1.165) is 0 Å². The lowest BCUT2D eigenvalue weighted by molar-refractivity contribution is 1.16. The summed E-state index contributed by atoms with van der Waals surface area (Å²) in [5, 5.41) is 89.7. The minimum Gasteiger partial charge on any atom is -0.246 e. The monoisotopic (exact) mass is 688 g/mol. The summed E-state index contributed by atoms with van der Waals surface area (Å²) in [6.07, 6.45) is 0. The molecule has 7 rings (SSSR count). The summed E-state index contributed by atoms with van der Waals surface area (Å²) < 4.78 is 0. The molecule has 0 amide bonds. The molecule has 0 radical (unpaired) electrons. The van der Waals surface area contributed by atoms with Crippen molar-refractivity contribution in [1.82, 2.24) is 4.98 Å². The number of nitrogens with zero attached hydrogens (tertiary/aromatic N) is 16. The average Bonchev–Trinajstić information content (AvgIpc) is 3.92. The highest BCUT2D eigenvalue weighted by atomic mass is 15.0. The van der Waals surface area contributed by atoms with E-state index < -0.39 is 0 Å². The summed E-state index contributed by atoms with van der Waals surface area (Å²) in [5.74, 6) is -0.366. The minimum absolute atomic E-state index is 0.0515. The molecule has 4 heterocycles. The van der Waals surface area contributed by atoms with Gasteiger partial charge in [-0.2, -0.15) is 47.4 Å². The number of pyridine rings is 1. The van der Waals surface area contributed by atoms with Crippen molar-refractivity contribution in [2.75, 3.05) is 0 Å². The lowest BCUT2D eigenvalue weighted by Gasteiger charge is -2.09. The van der Waals surface area contributed by atoms with Crippen LogP contribution in [0.4, 0.5) is 0 Å². The van der Waals surface area contributed by atoms with Crippen molar-refractivity contribution in [3.05, 3.63) is 148 Å². The van der Waals surface area contributed by atoms with Crippen molar-refractivity contribution < 1.29 is 0 Å². The van der Waals surface area contributed by atoms with Gasteiger partial charge in [-0.05, 0) is 48.5 Å². The number of allylic oxidation sites excluding steroid dienone is 3. The second-order valence-corrected chi connectivity index (χ2v) is 11.1. The Bertz CT molecular complexity index is 2890. The molecule has 16 heteroatoms. The van der Waals surface area contributed by atoms with Crippen LogP contribution in [-0.2, 0) is 0 Å². The molecule has 0 spiro atoms. The van der Waals surface area contributed by atoms with E-state index in [1.165, 1.54) is 48.5 Å². The number of rotatable bonds is 3. The second kappa shape index (κ2) is 12.9. The van der Waals surface area contributed by atoms with Crippen molar-refractivity contribution in [2.45, 2.75) is 0 Å². The third-order valence-electron chi connectivity index (χ3n) is 8.06. The Balaban J connectivity index is 1.51. The molecule has 1 aromatic heterocycles. The fraction of sp³-hybridized carbons (Fsp3) is 0. The first-order valence-corrected chi connectivity index (χ1v) is 15.0. The standard InChI is InChI=1S/C38H8N16/c39-9-19-3-30-31(4-20(19)10-40)50-36(49-30)25(15-45)18-1-28(26(16-46)37-51-32-5-21(11-41)22(12-42)6-33(32)52-37)48-29(2-18)27(17-47)38-53-34-7-23(13-43)24(14-44)8-35(34)54-38/h1-8H. The summed E-state index contributed by atoms with van der Waals surface area (Å²) in [7, 11) is 0. The van der Waals surface area contributed by atoms with Crippen LogP contribution in [0.2, 0.25) is 0 Å². The summed E-state index contributed by atoms with van der Waals surface area (Å²) >= 11 is 0. The molecule has 0 saturated heterocycles. The summed E-state index contributed by atoms with van der Waals surface area (Å²) in [4.78, 5) is 31.0. The van der Waals surface area contributed by atoms with Crippen molar-refractivity contribution in [3.63, 3.8) is 0 Å². The highest BCUT2D eigenvalue weighted by molar-refractivity contribution is 5.87. The van der Waals surface area contributed by atoms with Crippen molar-refractivity contribution >= 4 is 16.7 Å². The van der Waals surface area contributed by atoms with E-state index in [4.69, 9.17) is 0 Å². The van der Waals surface area contributed by atoms with Crippen molar-refractivity contribution in [3.8, 4) is 54.6 Å². The number of nitriles is 9. The van der Waals surface area contributed by atoms with Crippen LogP contribution in [0.3, 0.4) is 0 Å². The first kappa shape index (κ1) is 32.8. The number of hydrogen-bond acceptors (Lipinski definition) is 16. The van der Waals surface area contributed by atoms with Gasteiger partial charge in [-0.15, -0.1) is 0 Å². The maximum absolute atomic E-state index is 10.5. The molecule has 3 aliphatic heterocycles. The fourth-order valence-corrected chi connectivity index (χ4v) is 5.54. The molecule has 0 unspecified atom stereocenters. The number of hydrogen-bond donors (Lipinski definition) is 0. The maximum Gasteiger partial charge on any atom is 0.173 e. The van der Waals surface area contributed by atoms with Crippen molar-refractivity contribution in [2.24, 2.45) is 30.0 Å². The molecule has 240 valence electrons. The molecule has 0 aliphatic carbocycles. The predicted molar refractivity (Wildman–Crippen MR) is 176 cm³/mol. The van der Waals surface area contributed by atoms with Gasteiger partial charge in [0.05, 0.1) is 76.9 Å². The Kier molecular flexibility index (Phi) is 7.85. The van der Waals surface area contributed by atoms with Gasteiger partial charge in [-0.3, -0.25) is 0 Å². The average molecular weight is 689 g/mol. The maximum atomic E-state index is 10.5. The van der Waals surface area contributed by atoms with Gasteiger partial charge in [0, 0.05) is 5.56 Å². The van der Waals surface area contributed by atoms with Crippen LogP contribution in [0.25, 0.3) is 16.7 Å². The zero-order valence-electron chi connectivity index (χ0n) is 26.8. The summed E-state index contributed by atoms with van der Waals surface area (Å²) in [5.41, 5.74) is -0.369. The fourth-order valence-electron chi connectivity index (χ4n) is 5.54. The largest absolute Gasteiger partial charge is 0.246 e. The molecule has 4 aromatic rings. The first-order chi connectivity index (χ1) is 26.3. The van der Waals surface area contributed by atoms with E-state index in [0.29, 0.717) is 0 Å². The predicted octanol–water partition coefficient (Wildman–Crippen LogP) is 0.747. The smallest absolute Gasteiger partial charge is 0.173 e. The van der Waals surface area contributed by atoms with Crippen LogP contribution in [-0.4, -0.2) is 4.98 Å². The molecule has 0 N–H and O–H groups in total. The number of aromatic nitrogens is 1. The number of fused-ring (bicyclic) bond motifs is 3. The van der Waals surface area contributed by atoms with Gasteiger partial charge in [-0.25, -0.2) is 34.9 Å². The third kappa shape index (κ3) is 5.32.